The number of esters is 1. The van der Waals surface area contributed by atoms with E-state index < -0.39 is 5.97 Å². The maximum atomic E-state index is 13.7. The Labute approximate surface area is 244 Å². The Morgan fingerprint density at radius 1 is 1.25 bits per heavy atom. The van der Waals surface area contributed by atoms with Gasteiger partial charge in [-0.25, -0.2) is 9.18 Å². The highest BCUT2D eigenvalue weighted by atomic mass is 35.5. The fourth-order valence-corrected chi connectivity index (χ4v) is 7.14. The molecule has 0 bridgehead atoms. The van der Waals surface area contributed by atoms with Crippen LogP contribution in [0.25, 0.3) is 17.2 Å². The monoisotopic (exact) mass is 602 g/mol. The molecule has 1 aliphatic rings. The van der Waals surface area contributed by atoms with Gasteiger partial charge in [0.05, 0.1) is 22.9 Å². The second-order valence-electron chi connectivity index (χ2n) is 9.40. The first-order chi connectivity index (χ1) is 19.3. The maximum Gasteiger partial charge on any atom is 0.341 e. The molecule has 0 radical (unpaired) electrons. The van der Waals surface area contributed by atoms with Gasteiger partial charge < -0.3 is 10.1 Å². The molecule has 210 valence electrons. The molecular weight excluding hydrogens is 575 g/mol. The number of hydrogen-bond acceptors (Lipinski definition) is 8. The molecule has 0 saturated heterocycles. The van der Waals surface area contributed by atoms with Gasteiger partial charge in [0.15, 0.2) is 11.0 Å². The van der Waals surface area contributed by atoms with E-state index >= 15 is 0 Å². The summed E-state index contributed by atoms with van der Waals surface area (Å²) in [5.41, 5.74) is 2.46. The van der Waals surface area contributed by atoms with Crippen LogP contribution in [-0.4, -0.2) is 48.8 Å². The van der Waals surface area contributed by atoms with Crippen molar-refractivity contribution in [2.45, 2.75) is 44.7 Å². The largest absolute Gasteiger partial charge is 0.462 e. The van der Waals surface area contributed by atoms with E-state index in [1.807, 2.05) is 0 Å². The zero-order chi connectivity index (χ0) is 28.4. The summed E-state index contributed by atoms with van der Waals surface area (Å²) in [5.74, 6) is -0.166. The van der Waals surface area contributed by atoms with Gasteiger partial charge in [-0.2, -0.15) is 5.10 Å². The van der Waals surface area contributed by atoms with Gasteiger partial charge in [-0.05, 0) is 61.9 Å². The number of thioether (sulfide) groups is 1. The van der Waals surface area contributed by atoms with Crippen LogP contribution in [0.3, 0.4) is 0 Å². The summed E-state index contributed by atoms with van der Waals surface area (Å²) >= 11 is 9.00. The molecule has 1 N–H and O–H groups in total. The van der Waals surface area contributed by atoms with Crippen molar-refractivity contribution < 1.29 is 18.7 Å². The first kappa shape index (κ1) is 28.3. The molecule has 4 aromatic rings. The molecule has 0 saturated carbocycles. The van der Waals surface area contributed by atoms with Crippen LogP contribution >= 0.6 is 34.7 Å². The molecule has 3 heterocycles. The predicted molar refractivity (Wildman–Crippen MR) is 154 cm³/mol. The lowest BCUT2D eigenvalue weighted by molar-refractivity contribution is -0.113. The van der Waals surface area contributed by atoms with Crippen LogP contribution in [0.1, 0.15) is 47.5 Å². The highest BCUT2D eigenvalue weighted by molar-refractivity contribution is 7.99. The third kappa shape index (κ3) is 5.79. The second-order valence-corrected chi connectivity index (χ2v) is 11.9. The van der Waals surface area contributed by atoms with Crippen molar-refractivity contribution in [1.82, 2.24) is 24.5 Å². The summed E-state index contributed by atoms with van der Waals surface area (Å²) in [6, 6.07) is 5.85. The van der Waals surface area contributed by atoms with Gasteiger partial charge in [0.1, 0.15) is 16.5 Å². The number of anilines is 1. The van der Waals surface area contributed by atoms with Gasteiger partial charge in [-0.3, -0.25) is 14.0 Å². The predicted octanol–water partition coefficient (Wildman–Crippen LogP) is 5.94. The molecule has 1 amide bonds. The smallest absolute Gasteiger partial charge is 0.341 e. The molecule has 1 unspecified atom stereocenters. The zero-order valence-electron chi connectivity index (χ0n) is 22.2. The number of nitrogens with one attached hydrogen (secondary N) is 1. The highest BCUT2D eigenvalue weighted by Gasteiger charge is 2.30. The van der Waals surface area contributed by atoms with E-state index in [9.17, 15) is 14.0 Å². The van der Waals surface area contributed by atoms with Gasteiger partial charge in [-0.15, -0.1) is 21.5 Å². The molecule has 0 spiro atoms. The Kier molecular flexibility index (Phi) is 8.57. The molecule has 1 aromatic carbocycles. The van der Waals surface area contributed by atoms with Crippen LogP contribution in [-0.2, 0) is 29.4 Å². The van der Waals surface area contributed by atoms with Crippen molar-refractivity contribution in [2.24, 2.45) is 13.0 Å². The standard InChI is InChI=1S/C27H28ClFN6O3S2/c1-4-15-6-11-18-20(12-15)40-25(22(18)26(37)38-5-2)30-21(36)14-39-27-32-31-24(23-19(28)13-34(3)33-23)35(27)17-9-7-16(29)8-10-17/h7-10,13,15H,4-6,11-12,14H2,1-3H3,(H,30,36). The number of aromatic nitrogens is 5. The minimum absolute atomic E-state index is 0.00229. The van der Waals surface area contributed by atoms with E-state index in [4.69, 9.17) is 16.3 Å². The molecule has 13 heteroatoms. The fraction of sp³-hybridized carbons (Fsp3) is 0.370. The Balaban J connectivity index is 1.40. The van der Waals surface area contributed by atoms with Crippen LogP contribution in [0.15, 0.2) is 35.6 Å². The van der Waals surface area contributed by atoms with E-state index in [1.54, 1.807) is 41.5 Å². The number of hydrogen-bond donors (Lipinski definition) is 1. The Morgan fingerprint density at radius 2 is 2.02 bits per heavy atom. The summed E-state index contributed by atoms with van der Waals surface area (Å²) in [6.07, 6.45) is 5.42. The van der Waals surface area contributed by atoms with Gasteiger partial charge in [0, 0.05) is 23.8 Å². The van der Waals surface area contributed by atoms with Gasteiger partial charge in [0.25, 0.3) is 0 Å². The number of carbonyl (C=O) groups excluding carboxylic acids is 2. The molecule has 5 rings (SSSR count). The Hall–Kier alpha value is -3.22. The SMILES string of the molecule is CCOC(=O)c1c(NC(=O)CSc2nnc(-c3nn(C)cc3Cl)n2-c2ccc(F)cc2)sc2c1CCC(CC)C2. The van der Waals surface area contributed by atoms with E-state index in [1.165, 1.54) is 23.5 Å². The molecule has 40 heavy (non-hydrogen) atoms. The van der Waals surface area contributed by atoms with Gasteiger partial charge in [-0.1, -0.05) is 36.7 Å². The van der Waals surface area contributed by atoms with Crippen molar-refractivity contribution >= 4 is 51.6 Å². The first-order valence-electron chi connectivity index (χ1n) is 12.9. The maximum absolute atomic E-state index is 13.7. The summed E-state index contributed by atoms with van der Waals surface area (Å²) < 4.78 is 22.3. The molecule has 1 atom stereocenters. The lowest BCUT2D eigenvalue weighted by Gasteiger charge is -2.20. The third-order valence-corrected chi connectivity index (χ3v) is 9.10. The average Bonchev–Trinajstić information content (AvgIpc) is 3.61. The second kappa shape index (κ2) is 12.1. The topological polar surface area (TPSA) is 104 Å². The van der Waals surface area contributed by atoms with E-state index in [-0.39, 0.29) is 24.1 Å². The first-order valence-corrected chi connectivity index (χ1v) is 15.1. The molecule has 0 fully saturated rings. The van der Waals surface area contributed by atoms with Crippen molar-refractivity contribution in [1.29, 1.82) is 0 Å². The van der Waals surface area contributed by atoms with Crippen molar-refractivity contribution in [3.05, 3.63) is 57.3 Å². The Bertz CT molecular complexity index is 1550. The van der Waals surface area contributed by atoms with Gasteiger partial charge >= 0.3 is 5.97 Å². The van der Waals surface area contributed by atoms with Crippen LogP contribution < -0.4 is 5.32 Å². The van der Waals surface area contributed by atoms with Crippen LogP contribution in [0, 0.1) is 11.7 Å². The van der Waals surface area contributed by atoms with Gasteiger partial charge in [0.2, 0.25) is 5.91 Å². The molecule has 1 aliphatic carbocycles. The molecular formula is C27H28ClFN6O3S2. The van der Waals surface area contributed by atoms with Crippen LogP contribution in [0.4, 0.5) is 9.39 Å². The number of aryl methyl sites for hydroxylation is 1. The van der Waals surface area contributed by atoms with Crippen molar-refractivity contribution in [2.75, 3.05) is 17.7 Å². The van der Waals surface area contributed by atoms with Crippen molar-refractivity contribution in [3.63, 3.8) is 0 Å². The number of fused-ring (bicyclic) bond motifs is 1. The summed E-state index contributed by atoms with van der Waals surface area (Å²) in [5, 5.41) is 17.2. The van der Waals surface area contributed by atoms with Crippen LogP contribution in [0.2, 0.25) is 5.02 Å². The number of halogens is 2. The number of rotatable bonds is 9. The summed E-state index contributed by atoms with van der Waals surface area (Å²) in [6.45, 7) is 4.20. The zero-order valence-corrected chi connectivity index (χ0v) is 24.6. The molecule has 9 nitrogen and oxygen atoms in total. The number of thiophene rings is 1. The lowest BCUT2D eigenvalue weighted by Crippen LogP contribution is -2.18. The number of ether oxygens (including phenoxy) is 1. The Morgan fingerprint density at radius 3 is 2.70 bits per heavy atom. The average molecular weight is 603 g/mol. The summed E-state index contributed by atoms with van der Waals surface area (Å²) in [4.78, 5) is 27.2. The van der Waals surface area contributed by atoms with E-state index in [0.717, 1.165) is 47.9 Å². The lowest BCUT2D eigenvalue weighted by atomic mass is 9.85. The molecule has 0 aliphatic heterocycles. The summed E-state index contributed by atoms with van der Waals surface area (Å²) in [7, 11) is 1.74. The van der Waals surface area contributed by atoms with Crippen molar-refractivity contribution in [3.8, 4) is 17.2 Å². The van der Waals surface area contributed by atoms with Crippen LogP contribution in [0.5, 0.6) is 0 Å². The van der Waals surface area contributed by atoms with E-state index in [2.05, 4.69) is 27.5 Å². The minimum atomic E-state index is -0.411. The number of nitrogens with zero attached hydrogens (tertiary/aromatic N) is 5. The normalized spacial score (nSPS) is 14.7. The number of benzene rings is 1. The number of carbonyl (C=O) groups is 2. The number of amides is 1. The molecule has 3 aromatic heterocycles. The quantitative estimate of drug-likeness (QED) is 0.187. The highest BCUT2D eigenvalue weighted by Crippen LogP contribution is 2.41. The third-order valence-electron chi connectivity index (χ3n) is 6.72. The van der Waals surface area contributed by atoms with E-state index in [0.29, 0.717) is 43.9 Å². The minimum Gasteiger partial charge on any atom is -0.462 e. The fourth-order valence-electron chi connectivity index (χ4n) is 4.75.